The second-order valence-electron chi connectivity index (χ2n) is 4.97. The van der Waals surface area contributed by atoms with E-state index in [0.717, 1.165) is 16.7 Å². The lowest BCUT2D eigenvalue weighted by Crippen LogP contribution is -2.37. The number of alkyl halides is 3. The molecule has 0 unspecified atom stereocenters. The minimum atomic E-state index is -4.65. The number of rotatable bonds is 2. The third-order valence-electron chi connectivity index (χ3n) is 2.86. The Labute approximate surface area is 111 Å². The first-order valence-electron chi connectivity index (χ1n) is 6.05. The Hall–Kier alpha value is -2.05. The van der Waals surface area contributed by atoms with Crippen LogP contribution in [0, 0.1) is 5.92 Å². The zero-order valence-electron chi connectivity index (χ0n) is 10.9. The van der Waals surface area contributed by atoms with Crippen LogP contribution in [0.3, 0.4) is 0 Å². The van der Waals surface area contributed by atoms with Crippen LogP contribution in [0.5, 0.6) is 0 Å². The number of benzene rings is 1. The lowest BCUT2D eigenvalue weighted by Gasteiger charge is -2.12. The van der Waals surface area contributed by atoms with Crippen molar-refractivity contribution in [2.45, 2.75) is 26.6 Å². The van der Waals surface area contributed by atoms with Crippen LogP contribution < -0.4 is 11.2 Å². The summed E-state index contributed by atoms with van der Waals surface area (Å²) in [5.41, 5.74) is -2.75. The normalized spacial score (nSPS) is 12.3. The molecule has 1 heterocycles. The first-order chi connectivity index (χ1) is 9.21. The number of halogens is 3. The number of nitrogens with zero attached hydrogens (tertiary/aromatic N) is 1. The van der Waals surface area contributed by atoms with E-state index in [0.29, 0.717) is 0 Å². The predicted octanol–water partition coefficient (Wildman–Crippen LogP) is 2.36. The molecule has 0 atom stereocenters. The van der Waals surface area contributed by atoms with Gasteiger partial charge in [0.25, 0.3) is 5.56 Å². The molecule has 108 valence electrons. The summed E-state index contributed by atoms with van der Waals surface area (Å²) in [7, 11) is 0. The van der Waals surface area contributed by atoms with Crippen LogP contribution >= 0.6 is 0 Å². The van der Waals surface area contributed by atoms with Gasteiger partial charge in [-0.1, -0.05) is 19.9 Å². The van der Waals surface area contributed by atoms with Crippen LogP contribution in [-0.4, -0.2) is 9.55 Å². The fourth-order valence-corrected chi connectivity index (χ4v) is 2.06. The number of fused-ring (bicyclic) bond motifs is 1. The highest BCUT2D eigenvalue weighted by molar-refractivity contribution is 5.81. The highest BCUT2D eigenvalue weighted by atomic mass is 19.4. The second-order valence-corrected chi connectivity index (χ2v) is 4.97. The van der Waals surface area contributed by atoms with E-state index in [1.165, 1.54) is 6.07 Å². The topological polar surface area (TPSA) is 54.9 Å². The summed E-state index contributed by atoms with van der Waals surface area (Å²) in [5.74, 6) is -0.0377. The van der Waals surface area contributed by atoms with Crippen molar-refractivity contribution in [3.05, 3.63) is 44.6 Å². The van der Waals surface area contributed by atoms with Crippen molar-refractivity contribution in [2.75, 3.05) is 0 Å². The molecule has 0 aliphatic heterocycles. The van der Waals surface area contributed by atoms with E-state index in [9.17, 15) is 22.8 Å². The van der Waals surface area contributed by atoms with E-state index in [1.54, 1.807) is 13.8 Å². The van der Waals surface area contributed by atoms with Gasteiger partial charge in [-0.15, -0.1) is 0 Å². The maximum absolute atomic E-state index is 13.0. The molecule has 0 spiro atoms. The summed E-state index contributed by atoms with van der Waals surface area (Å²) in [4.78, 5) is 26.3. The summed E-state index contributed by atoms with van der Waals surface area (Å²) in [6.45, 7) is 3.60. The van der Waals surface area contributed by atoms with Crippen molar-refractivity contribution < 1.29 is 13.2 Å². The van der Waals surface area contributed by atoms with Crippen molar-refractivity contribution in [2.24, 2.45) is 5.92 Å². The Morgan fingerprint density at radius 1 is 1.25 bits per heavy atom. The van der Waals surface area contributed by atoms with Crippen molar-refractivity contribution in [3.8, 4) is 0 Å². The molecular weight excluding hydrogens is 273 g/mol. The number of H-pyrrole nitrogens is 1. The molecule has 0 radical (unpaired) electrons. The monoisotopic (exact) mass is 286 g/mol. The quantitative estimate of drug-likeness (QED) is 0.921. The Balaban J connectivity index is 2.89. The van der Waals surface area contributed by atoms with Crippen molar-refractivity contribution in [3.63, 3.8) is 0 Å². The average molecular weight is 286 g/mol. The van der Waals surface area contributed by atoms with Crippen molar-refractivity contribution in [1.82, 2.24) is 9.55 Å². The lowest BCUT2D eigenvalue weighted by atomic mass is 10.1. The highest BCUT2D eigenvalue weighted by Gasteiger charge is 2.34. The van der Waals surface area contributed by atoms with E-state index < -0.39 is 28.4 Å². The summed E-state index contributed by atoms with van der Waals surface area (Å²) >= 11 is 0. The summed E-state index contributed by atoms with van der Waals surface area (Å²) in [6, 6.07) is 3.28. The average Bonchev–Trinajstić information content (AvgIpc) is 2.32. The van der Waals surface area contributed by atoms with Gasteiger partial charge in [0.15, 0.2) is 0 Å². The van der Waals surface area contributed by atoms with E-state index in [2.05, 4.69) is 4.98 Å². The third-order valence-corrected chi connectivity index (χ3v) is 2.86. The zero-order valence-corrected chi connectivity index (χ0v) is 10.9. The molecule has 0 amide bonds. The molecule has 0 aliphatic carbocycles. The van der Waals surface area contributed by atoms with Crippen molar-refractivity contribution in [1.29, 1.82) is 0 Å². The smallest absolute Gasteiger partial charge is 0.307 e. The second kappa shape index (κ2) is 4.81. The molecule has 0 saturated carbocycles. The first-order valence-corrected chi connectivity index (χ1v) is 6.05. The molecule has 1 aromatic heterocycles. The molecule has 0 fully saturated rings. The molecule has 1 aromatic carbocycles. The maximum atomic E-state index is 13.0. The van der Waals surface area contributed by atoms with Gasteiger partial charge >= 0.3 is 11.9 Å². The number of nitrogens with one attached hydrogen (secondary N) is 1. The van der Waals surface area contributed by atoms with E-state index in [4.69, 9.17) is 0 Å². The number of aromatic nitrogens is 2. The molecule has 1 N–H and O–H groups in total. The van der Waals surface area contributed by atoms with Gasteiger partial charge in [0.1, 0.15) is 0 Å². The van der Waals surface area contributed by atoms with Gasteiger partial charge in [0.05, 0.1) is 16.5 Å². The molecular formula is C13H13F3N2O2. The molecule has 7 heteroatoms. The first kappa shape index (κ1) is 14.4. The van der Waals surface area contributed by atoms with Crippen LogP contribution in [0.4, 0.5) is 13.2 Å². The number of aromatic amines is 1. The molecule has 2 aromatic rings. The summed E-state index contributed by atoms with van der Waals surface area (Å²) < 4.78 is 39.7. The molecule has 0 bridgehead atoms. The molecule has 0 aliphatic rings. The number of hydrogen-bond acceptors (Lipinski definition) is 2. The molecule has 4 nitrogen and oxygen atoms in total. The van der Waals surface area contributed by atoms with Gasteiger partial charge in [-0.2, -0.15) is 13.2 Å². The van der Waals surface area contributed by atoms with E-state index >= 15 is 0 Å². The van der Waals surface area contributed by atoms with Gasteiger partial charge in [0, 0.05) is 6.54 Å². The highest BCUT2D eigenvalue weighted by Crippen LogP contribution is 2.32. The summed E-state index contributed by atoms with van der Waals surface area (Å²) in [6.07, 6.45) is -4.65. The zero-order chi connectivity index (χ0) is 15.1. The minimum absolute atomic E-state index is 0.0377. The lowest BCUT2D eigenvalue weighted by molar-refractivity contribution is -0.136. The van der Waals surface area contributed by atoms with Gasteiger partial charge < -0.3 is 4.98 Å². The number of hydrogen-bond donors (Lipinski definition) is 1. The van der Waals surface area contributed by atoms with Gasteiger partial charge in [-0.25, -0.2) is 4.79 Å². The van der Waals surface area contributed by atoms with E-state index in [-0.39, 0.29) is 18.0 Å². The Morgan fingerprint density at radius 3 is 2.45 bits per heavy atom. The molecule has 20 heavy (non-hydrogen) atoms. The van der Waals surface area contributed by atoms with Gasteiger partial charge in [-0.05, 0) is 18.1 Å². The molecule has 0 saturated heterocycles. The fraction of sp³-hybridized carbons (Fsp3) is 0.385. The largest absolute Gasteiger partial charge is 0.417 e. The van der Waals surface area contributed by atoms with Crippen LogP contribution in [0.1, 0.15) is 19.4 Å². The van der Waals surface area contributed by atoms with Crippen molar-refractivity contribution >= 4 is 10.9 Å². The Bertz CT molecular complexity index is 757. The molecule has 2 rings (SSSR count). The van der Waals surface area contributed by atoms with Crippen LogP contribution in [0.2, 0.25) is 0 Å². The SMILES string of the molecule is CC(C)Cn1c(=O)[nH]c2cccc(C(F)(F)F)c2c1=O. The Morgan fingerprint density at radius 2 is 1.90 bits per heavy atom. The van der Waals surface area contributed by atoms with Crippen LogP contribution in [-0.2, 0) is 12.7 Å². The van der Waals surface area contributed by atoms with Gasteiger partial charge in [0.2, 0.25) is 0 Å². The standard InChI is InChI=1S/C13H13F3N2O2/c1-7(2)6-18-11(19)10-8(13(14,15)16)4-3-5-9(10)17-12(18)20/h3-5,7H,6H2,1-2H3,(H,17,20). The summed E-state index contributed by atoms with van der Waals surface area (Å²) in [5, 5.41) is -0.500. The van der Waals surface area contributed by atoms with Crippen LogP contribution in [0.15, 0.2) is 27.8 Å². The third kappa shape index (κ3) is 2.48. The predicted molar refractivity (Wildman–Crippen MR) is 68.7 cm³/mol. The van der Waals surface area contributed by atoms with E-state index in [1.807, 2.05) is 0 Å². The maximum Gasteiger partial charge on any atom is 0.417 e. The van der Waals surface area contributed by atoms with Crippen LogP contribution in [0.25, 0.3) is 10.9 Å². The Kier molecular flexibility index (Phi) is 3.45. The minimum Gasteiger partial charge on any atom is -0.307 e. The fourth-order valence-electron chi connectivity index (χ4n) is 2.06. The van der Waals surface area contributed by atoms with Gasteiger partial charge in [-0.3, -0.25) is 9.36 Å².